The Balaban J connectivity index is 1.49. The molecule has 182 valence electrons. The lowest BCUT2D eigenvalue weighted by molar-refractivity contribution is 0.142. The molecule has 6 nitrogen and oxygen atoms in total. The highest BCUT2D eigenvalue weighted by molar-refractivity contribution is 7.13. The SMILES string of the molecule is COc1ccc(-c2nc(Cn3cccc3CN(C(=O)NC(C)(C)C)C3CCCCC3)cs2)cc1. The first kappa shape index (κ1) is 24.3. The second kappa shape index (κ2) is 10.6. The highest BCUT2D eigenvalue weighted by atomic mass is 32.1. The second-order valence-electron chi connectivity index (χ2n) is 10.1. The van der Waals surface area contributed by atoms with Crippen LogP contribution >= 0.6 is 11.3 Å². The Morgan fingerprint density at radius 1 is 1.18 bits per heavy atom. The van der Waals surface area contributed by atoms with Crippen molar-refractivity contribution < 1.29 is 9.53 Å². The molecule has 1 fully saturated rings. The highest BCUT2D eigenvalue weighted by Gasteiger charge is 2.28. The van der Waals surface area contributed by atoms with Crippen molar-refractivity contribution in [3.63, 3.8) is 0 Å². The lowest BCUT2D eigenvalue weighted by atomic mass is 9.94. The summed E-state index contributed by atoms with van der Waals surface area (Å²) in [4.78, 5) is 20.2. The van der Waals surface area contributed by atoms with Crippen LogP contribution in [-0.4, -0.2) is 39.2 Å². The molecule has 2 aromatic heterocycles. The summed E-state index contributed by atoms with van der Waals surface area (Å²) in [7, 11) is 1.67. The number of nitrogens with one attached hydrogen (secondary N) is 1. The summed E-state index contributed by atoms with van der Waals surface area (Å²) in [5.41, 5.74) is 2.99. The smallest absolute Gasteiger partial charge is 0.318 e. The minimum Gasteiger partial charge on any atom is -0.497 e. The van der Waals surface area contributed by atoms with E-state index in [9.17, 15) is 4.79 Å². The number of aromatic nitrogens is 2. The third kappa shape index (κ3) is 6.20. The van der Waals surface area contributed by atoms with Crippen molar-refractivity contribution in [1.82, 2.24) is 19.8 Å². The molecule has 0 unspecified atom stereocenters. The summed E-state index contributed by atoms with van der Waals surface area (Å²) < 4.78 is 7.47. The Labute approximate surface area is 207 Å². The number of carbonyl (C=O) groups is 1. The molecule has 4 rings (SSSR count). The summed E-state index contributed by atoms with van der Waals surface area (Å²) in [5.74, 6) is 0.843. The molecule has 0 saturated heterocycles. The van der Waals surface area contributed by atoms with Crippen molar-refractivity contribution in [3.8, 4) is 16.3 Å². The molecule has 2 amide bonds. The number of nitrogens with zero attached hydrogens (tertiary/aromatic N) is 3. The Kier molecular flexibility index (Phi) is 7.61. The first-order valence-corrected chi connectivity index (χ1v) is 13.0. The molecule has 0 bridgehead atoms. The third-order valence-corrected chi connectivity index (χ3v) is 7.18. The molecule has 1 aliphatic carbocycles. The van der Waals surface area contributed by atoms with Crippen LogP contribution in [0.4, 0.5) is 4.79 Å². The van der Waals surface area contributed by atoms with Gasteiger partial charge in [0.15, 0.2) is 0 Å². The van der Waals surface area contributed by atoms with Crippen molar-refractivity contribution >= 4 is 17.4 Å². The molecule has 34 heavy (non-hydrogen) atoms. The predicted molar refractivity (Wildman–Crippen MR) is 138 cm³/mol. The van der Waals surface area contributed by atoms with Crippen LogP contribution in [0.2, 0.25) is 0 Å². The summed E-state index contributed by atoms with van der Waals surface area (Å²) in [6.07, 6.45) is 7.89. The average molecular weight is 481 g/mol. The molecule has 7 heteroatoms. The van der Waals surface area contributed by atoms with Gasteiger partial charge in [-0.1, -0.05) is 19.3 Å². The quantitative estimate of drug-likeness (QED) is 0.431. The van der Waals surface area contributed by atoms with Gasteiger partial charge in [-0.3, -0.25) is 0 Å². The molecule has 0 radical (unpaired) electrons. The summed E-state index contributed by atoms with van der Waals surface area (Å²) in [5, 5.41) is 6.31. The predicted octanol–water partition coefficient (Wildman–Crippen LogP) is 6.31. The van der Waals surface area contributed by atoms with Crippen LogP contribution in [0.15, 0.2) is 48.0 Å². The molecule has 1 N–H and O–H groups in total. The van der Waals surface area contributed by atoms with Gasteiger partial charge >= 0.3 is 6.03 Å². The second-order valence-corrected chi connectivity index (χ2v) is 11.0. The minimum atomic E-state index is -0.259. The van der Waals surface area contributed by atoms with E-state index in [1.807, 2.05) is 45.0 Å². The molecule has 0 spiro atoms. The highest BCUT2D eigenvalue weighted by Crippen LogP contribution is 2.27. The number of methoxy groups -OCH3 is 1. The maximum atomic E-state index is 13.2. The van der Waals surface area contributed by atoms with Gasteiger partial charge in [0.05, 0.1) is 25.9 Å². The van der Waals surface area contributed by atoms with Gasteiger partial charge in [-0.05, 0) is 70.0 Å². The summed E-state index contributed by atoms with van der Waals surface area (Å²) >= 11 is 1.65. The van der Waals surface area contributed by atoms with Gasteiger partial charge in [0, 0.05) is 34.4 Å². The van der Waals surface area contributed by atoms with Crippen molar-refractivity contribution in [2.75, 3.05) is 7.11 Å². The van der Waals surface area contributed by atoms with Crippen LogP contribution in [0.25, 0.3) is 10.6 Å². The molecule has 1 saturated carbocycles. The number of benzene rings is 1. The van der Waals surface area contributed by atoms with Gasteiger partial charge in [-0.2, -0.15) is 0 Å². The maximum Gasteiger partial charge on any atom is 0.318 e. The van der Waals surface area contributed by atoms with Crippen molar-refractivity contribution in [2.24, 2.45) is 0 Å². The van der Waals surface area contributed by atoms with E-state index >= 15 is 0 Å². The molecule has 2 heterocycles. The Morgan fingerprint density at radius 2 is 1.91 bits per heavy atom. The first-order valence-electron chi connectivity index (χ1n) is 12.1. The Morgan fingerprint density at radius 3 is 2.59 bits per heavy atom. The number of hydrogen-bond donors (Lipinski definition) is 1. The third-order valence-electron chi connectivity index (χ3n) is 6.24. The maximum absolute atomic E-state index is 13.2. The number of urea groups is 1. The van der Waals surface area contributed by atoms with Gasteiger partial charge in [0.2, 0.25) is 0 Å². The number of thiazole rings is 1. The van der Waals surface area contributed by atoms with Crippen molar-refractivity contribution in [2.45, 2.75) is 77.5 Å². The first-order chi connectivity index (χ1) is 16.3. The Hall–Kier alpha value is -2.80. The number of hydrogen-bond acceptors (Lipinski definition) is 4. The molecular weight excluding hydrogens is 444 g/mol. The fourth-order valence-electron chi connectivity index (χ4n) is 4.49. The van der Waals surface area contributed by atoms with Gasteiger partial charge in [0.25, 0.3) is 0 Å². The lowest BCUT2D eigenvalue weighted by Crippen LogP contribution is -2.52. The topological polar surface area (TPSA) is 59.4 Å². The lowest BCUT2D eigenvalue weighted by Gasteiger charge is -2.36. The zero-order valence-electron chi connectivity index (χ0n) is 20.7. The zero-order chi connectivity index (χ0) is 24.1. The van der Waals surface area contributed by atoms with Crippen LogP contribution in [0.3, 0.4) is 0 Å². The minimum absolute atomic E-state index is 0.0302. The van der Waals surface area contributed by atoms with Crippen LogP contribution in [0.1, 0.15) is 64.3 Å². The van der Waals surface area contributed by atoms with E-state index in [0.717, 1.165) is 40.6 Å². The van der Waals surface area contributed by atoms with Crippen LogP contribution in [-0.2, 0) is 13.1 Å². The van der Waals surface area contributed by atoms with E-state index in [-0.39, 0.29) is 11.6 Å². The average Bonchev–Trinajstić information content (AvgIpc) is 3.47. The fourth-order valence-corrected chi connectivity index (χ4v) is 5.31. The molecule has 0 atom stereocenters. The van der Waals surface area contributed by atoms with E-state index in [0.29, 0.717) is 19.1 Å². The molecule has 1 aliphatic rings. The van der Waals surface area contributed by atoms with Gasteiger partial charge in [-0.15, -0.1) is 11.3 Å². The molecule has 1 aromatic carbocycles. The molecular formula is C27H36N4O2S. The largest absolute Gasteiger partial charge is 0.497 e. The summed E-state index contributed by atoms with van der Waals surface area (Å²) in [6, 6.07) is 12.5. The number of ether oxygens (including phenoxy) is 1. The van der Waals surface area contributed by atoms with Gasteiger partial charge in [-0.25, -0.2) is 9.78 Å². The van der Waals surface area contributed by atoms with Gasteiger partial charge in [0.1, 0.15) is 10.8 Å². The van der Waals surface area contributed by atoms with E-state index < -0.39 is 0 Å². The molecule has 3 aromatic rings. The van der Waals surface area contributed by atoms with Crippen LogP contribution < -0.4 is 10.1 Å². The van der Waals surface area contributed by atoms with E-state index in [1.54, 1.807) is 18.4 Å². The zero-order valence-corrected chi connectivity index (χ0v) is 21.5. The standard InChI is InChI=1S/C27H36N4O2S/c1-27(2,3)29-26(32)31(22-9-6-5-7-10-22)18-23-11-8-16-30(23)17-21-19-34-25(28-21)20-12-14-24(33-4)15-13-20/h8,11-16,19,22H,5-7,9-10,17-18H2,1-4H3,(H,29,32). The van der Waals surface area contributed by atoms with E-state index in [4.69, 9.17) is 9.72 Å². The Bertz CT molecular complexity index is 1070. The normalized spacial score (nSPS) is 14.7. The van der Waals surface area contributed by atoms with Crippen LogP contribution in [0.5, 0.6) is 5.75 Å². The number of rotatable bonds is 7. The fraction of sp³-hybridized carbons (Fsp3) is 0.481. The van der Waals surface area contributed by atoms with Gasteiger partial charge < -0.3 is 19.5 Å². The number of amides is 2. The van der Waals surface area contributed by atoms with Crippen LogP contribution in [0, 0.1) is 0 Å². The van der Waals surface area contributed by atoms with E-state index in [1.165, 1.54) is 19.3 Å². The van der Waals surface area contributed by atoms with E-state index in [2.05, 4.69) is 38.5 Å². The van der Waals surface area contributed by atoms with Crippen molar-refractivity contribution in [3.05, 3.63) is 59.4 Å². The van der Waals surface area contributed by atoms with Crippen molar-refractivity contribution in [1.29, 1.82) is 0 Å². The number of carbonyl (C=O) groups excluding carboxylic acids is 1. The monoisotopic (exact) mass is 480 g/mol. The molecule has 0 aliphatic heterocycles. The summed E-state index contributed by atoms with van der Waals surface area (Å²) in [6.45, 7) is 7.41.